The molecule has 2 amide bonds. The number of nitrogens with zero attached hydrogens (tertiary/aromatic N) is 4. The van der Waals surface area contributed by atoms with E-state index in [1.807, 2.05) is 60.0 Å². The predicted octanol–water partition coefficient (Wildman–Crippen LogP) is 4.92. The molecule has 1 aliphatic rings. The van der Waals surface area contributed by atoms with E-state index in [-0.39, 0.29) is 11.8 Å². The van der Waals surface area contributed by atoms with Crippen LogP contribution in [0.15, 0.2) is 71.4 Å². The van der Waals surface area contributed by atoms with Crippen LogP contribution in [0.2, 0.25) is 5.02 Å². The fourth-order valence-corrected chi connectivity index (χ4v) is 4.93. The molecule has 6 rings (SSSR count). The Hall–Kier alpha value is -4.50. The Labute approximate surface area is 229 Å². The van der Waals surface area contributed by atoms with Crippen molar-refractivity contribution in [1.82, 2.24) is 30.3 Å². The van der Waals surface area contributed by atoms with Crippen molar-refractivity contribution in [2.45, 2.75) is 38.8 Å². The molecule has 0 saturated heterocycles. The molecule has 1 saturated carbocycles. The Morgan fingerprint density at radius 1 is 1.05 bits per heavy atom. The first-order chi connectivity index (χ1) is 18.8. The smallest absolute Gasteiger partial charge is 0.253 e. The number of carbonyl (C=O) groups is 2. The Balaban J connectivity index is 1.19. The van der Waals surface area contributed by atoms with Crippen molar-refractivity contribution >= 4 is 34.3 Å². The molecule has 3 heterocycles. The zero-order valence-electron chi connectivity index (χ0n) is 21.4. The fraction of sp³-hybridized carbons (Fsp3) is 0.207. The van der Waals surface area contributed by atoms with Gasteiger partial charge in [-0.05, 0) is 55.7 Å². The number of hydrogen-bond acceptors (Lipinski definition) is 6. The van der Waals surface area contributed by atoms with E-state index in [1.54, 1.807) is 19.1 Å². The summed E-state index contributed by atoms with van der Waals surface area (Å²) in [7, 11) is 0. The van der Waals surface area contributed by atoms with E-state index >= 15 is 0 Å². The highest BCUT2D eigenvalue weighted by molar-refractivity contribution is 6.38. The van der Waals surface area contributed by atoms with Gasteiger partial charge in [0.05, 0.1) is 16.1 Å². The molecular weight excluding hydrogens is 516 g/mol. The van der Waals surface area contributed by atoms with Crippen molar-refractivity contribution in [1.29, 1.82) is 0 Å². The fourth-order valence-electron chi connectivity index (χ4n) is 4.60. The van der Waals surface area contributed by atoms with Gasteiger partial charge < -0.3 is 19.7 Å². The number of aryl methyl sites for hydroxylation is 2. The van der Waals surface area contributed by atoms with Crippen LogP contribution in [0, 0.1) is 13.8 Å². The summed E-state index contributed by atoms with van der Waals surface area (Å²) in [4.78, 5) is 34.2. The van der Waals surface area contributed by atoms with Crippen molar-refractivity contribution < 1.29 is 14.1 Å². The summed E-state index contributed by atoms with van der Waals surface area (Å²) in [5.41, 5.74) is 3.72. The first-order valence-corrected chi connectivity index (χ1v) is 12.9. The average Bonchev–Trinajstić information content (AvgIpc) is 3.51. The molecule has 2 aromatic carbocycles. The van der Waals surface area contributed by atoms with Crippen LogP contribution < -0.4 is 10.6 Å². The van der Waals surface area contributed by atoms with Crippen LogP contribution in [0.3, 0.4) is 0 Å². The maximum Gasteiger partial charge on any atom is 0.253 e. The maximum atomic E-state index is 13.0. The molecule has 2 N–H and O–H groups in total. The number of carbonyl (C=O) groups excluding carboxylic acids is 2. The molecule has 0 unspecified atom stereocenters. The van der Waals surface area contributed by atoms with Gasteiger partial charge >= 0.3 is 0 Å². The lowest BCUT2D eigenvalue weighted by Gasteiger charge is -2.17. The van der Waals surface area contributed by atoms with Gasteiger partial charge in [0.2, 0.25) is 17.6 Å². The Bertz CT molecular complexity index is 1700. The molecule has 0 bridgehead atoms. The third-order valence-electron chi connectivity index (χ3n) is 6.91. The van der Waals surface area contributed by atoms with Crippen LogP contribution in [0.1, 0.15) is 40.3 Å². The van der Waals surface area contributed by atoms with Crippen molar-refractivity contribution in [2.24, 2.45) is 0 Å². The molecule has 1 aliphatic carbocycles. The summed E-state index contributed by atoms with van der Waals surface area (Å²) >= 11 is 6.78. The van der Waals surface area contributed by atoms with Gasteiger partial charge in [-0.25, -0.2) is 0 Å². The predicted molar refractivity (Wildman–Crippen MR) is 147 cm³/mol. The molecule has 1 fully saturated rings. The van der Waals surface area contributed by atoms with E-state index in [1.165, 1.54) is 6.20 Å². The minimum absolute atomic E-state index is 0.196. The molecule has 0 spiro atoms. The van der Waals surface area contributed by atoms with E-state index in [0.29, 0.717) is 47.4 Å². The summed E-state index contributed by atoms with van der Waals surface area (Å²) in [5, 5.41) is 11.4. The quantitative estimate of drug-likeness (QED) is 0.303. The van der Waals surface area contributed by atoms with Crippen molar-refractivity contribution in [3.63, 3.8) is 0 Å². The van der Waals surface area contributed by atoms with Crippen LogP contribution in [-0.4, -0.2) is 37.0 Å². The lowest BCUT2D eigenvalue weighted by atomic mass is 10.1. The van der Waals surface area contributed by atoms with Gasteiger partial charge in [-0.1, -0.05) is 47.1 Å². The van der Waals surface area contributed by atoms with Gasteiger partial charge in [0, 0.05) is 36.4 Å². The van der Waals surface area contributed by atoms with Gasteiger partial charge in [-0.15, -0.1) is 0 Å². The summed E-state index contributed by atoms with van der Waals surface area (Å²) in [5.74, 6) is 0.356. The number of para-hydroxylation sites is 1. The molecule has 0 aliphatic heterocycles. The second-order valence-corrected chi connectivity index (χ2v) is 10.1. The maximum absolute atomic E-state index is 13.0. The minimum atomic E-state index is -0.875. The zero-order valence-corrected chi connectivity index (χ0v) is 22.1. The lowest BCUT2D eigenvalue weighted by molar-refractivity contribution is -0.124. The Morgan fingerprint density at radius 3 is 2.49 bits per heavy atom. The molecular formula is C29H25ClN6O3. The van der Waals surface area contributed by atoms with E-state index < -0.39 is 5.54 Å². The molecule has 5 aromatic rings. The Kier molecular flexibility index (Phi) is 6.15. The molecule has 9 nitrogen and oxygen atoms in total. The number of benzene rings is 2. The molecule has 0 radical (unpaired) electrons. The van der Waals surface area contributed by atoms with Crippen LogP contribution in [0.4, 0.5) is 0 Å². The summed E-state index contributed by atoms with van der Waals surface area (Å²) in [6.07, 6.45) is 2.72. The topological polar surface area (TPSA) is 115 Å². The summed E-state index contributed by atoms with van der Waals surface area (Å²) < 4.78 is 7.22. The van der Waals surface area contributed by atoms with Crippen LogP contribution in [-0.2, 0) is 11.3 Å². The molecule has 196 valence electrons. The molecule has 0 atom stereocenters. The highest BCUT2D eigenvalue weighted by atomic mass is 35.5. The minimum Gasteiger partial charge on any atom is -0.350 e. The lowest BCUT2D eigenvalue weighted by Crippen LogP contribution is -2.48. The van der Waals surface area contributed by atoms with E-state index in [9.17, 15) is 9.59 Å². The van der Waals surface area contributed by atoms with Crippen LogP contribution >= 0.6 is 11.6 Å². The number of fused-ring (bicyclic) bond motifs is 1. The second-order valence-electron chi connectivity index (χ2n) is 9.73. The molecule has 39 heavy (non-hydrogen) atoms. The Morgan fingerprint density at radius 2 is 1.82 bits per heavy atom. The SMILES string of the molecule is Cc1ccc(C(=O)NC2(C(=O)NCc3ccc(-n4c(-c5noc(C)n5)c(Cl)c5ccccc54)cc3)CC2)cn1. The largest absolute Gasteiger partial charge is 0.350 e. The third kappa shape index (κ3) is 4.66. The standard InChI is InChI=1S/C29H25ClN6O3/c1-17-7-10-20(16-31-17)27(37)34-29(13-14-29)28(38)32-15-19-8-11-21(12-9-19)36-23-6-4-3-5-22(23)24(30)25(36)26-33-18(2)39-35-26/h3-12,16H,13-15H2,1-2H3,(H,32,38)(H,34,37). The van der Waals surface area contributed by atoms with E-state index in [2.05, 4.69) is 25.8 Å². The number of nitrogens with one attached hydrogen (secondary N) is 2. The molecule has 10 heteroatoms. The monoisotopic (exact) mass is 540 g/mol. The van der Waals surface area contributed by atoms with Gasteiger partial charge in [-0.2, -0.15) is 4.98 Å². The zero-order chi connectivity index (χ0) is 27.1. The average molecular weight is 541 g/mol. The third-order valence-corrected chi connectivity index (χ3v) is 7.29. The number of rotatable bonds is 7. The van der Waals surface area contributed by atoms with Crippen LogP contribution in [0.5, 0.6) is 0 Å². The second kappa shape index (κ2) is 9.67. The number of halogens is 1. The normalized spacial score (nSPS) is 13.8. The van der Waals surface area contributed by atoms with Crippen LogP contribution in [0.25, 0.3) is 28.1 Å². The highest BCUT2D eigenvalue weighted by Crippen LogP contribution is 2.39. The van der Waals surface area contributed by atoms with Crippen molar-refractivity contribution in [3.8, 4) is 17.2 Å². The van der Waals surface area contributed by atoms with E-state index in [0.717, 1.165) is 27.8 Å². The first-order valence-electron chi connectivity index (χ1n) is 12.6. The first kappa shape index (κ1) is 24.8. The highest BCUT2D eigenvalue weighted by Gasteiger charge is 2.51. The summed E-state index contributed by atoms with van der Waals surface area (Å²) in [6.45, 7) is 3.91. The van der Waals surface area contributed by atoms with Gasteiger partial charge in [0.15, 0.2) is 0 Å². The van der Waals surface area contributed by atoms with Gasteiger partial charge in [0.25, 0.3) is 5.91 Å². The van der Waals surface area contributed by atoms with Crippen molar-refractivity contribution in [2.75, 3.05) is 0 Å². The molecule has 3 aromatic heterocycles. The van der Waals surface area contributed by atoms with E-state index in [4.69, 9.17) is 16.1 Å². The number of amides is 2. The van der Waals surface area contributed by atoms with Gasteiger partial charge in [0.1, 0.15) is 11.2 Å². The number of hydrogen-bond donors (Lipinski definition) is 2. The van der Waals surface area contributed by atoms with Gasteiger partial charge in [-0.3, -0.25) is 14.6 Å². The number of pyridine rings is 1. The van der Waals surface area contributed by atoms with Crippen molar-refractivity contribution in [3.05, 3.63) is 94.6 Å². The summed E-state index contributed by atoms with van der Waals surface area (Å²) in [6, 6.07) is 19.1. The number of aromatic nitrogens is 4.